The molecule has 0 aliphatic rings. The quantitative estimate of drug-likeness (QED) is 0.720. The Morgan fingerprint density at radius 2 is 2.00 bits per heavy atom. The number of hydrogen-bond acceptors (Lipinski definition) is 3. The van der Waals surface area contributed by atoms with E-state index in [2.05, 4.69) is 10.1 Å². The largest absolute Gasteiger partial charge is 0.479 e. The van der Waals surface area contributed by atoms with Crippen LogP contribution in [0.1, 0.15) is 18.0 Å². The molecule has 0 aromatic heterocycles. The second-order valence-corrected chi connectivity index (χ2v) is 4.48. The molecule has 5 nitrogen and oxygen atoms in total. The van der Waals surface area contributed by atoms with Gasteiger partial charge in [0.25, 0.3) is 6.43 Å². The molecule has 0 aliphatic carbocycles. The molecule has 8 heteroatoms. The SMILES string of the molecule is O=C(CCOCC(F)F)N[C@@H](C(=O)O)c1ccccc1Cl. The minimum Gasteiger partial charge on any atom is -0.479 e. The lowest BCUT2D eigenvalue weighted by molar-refractivity contribution is -0.142. The highest BCUT2D eigenvalue weighted by atomic mass is 35.5. The number of alkyl halides is 2. The lowest BCUT2D eigenvalue weighted by atomic mass is 10.1. The maximum atomic E-state index is 11.8. The van der Waals surface area contributed by atoms with Gasteiger partial charge in [-0.2, -0.15) is 0 Å². The summed E-state index contributed by atoms with van der Waals surface area (Å²) in [6.07, 6.45) is -2.83. The van der Waals surface area contributed by atoms with E-state index in [4.69, 9.17) is 16.7 Å². The molecule has 0 aliphatic heterocycles. The van der Waals surface area contributed by atoms with Crippen LogP contribution in [0.4, 0.5) is 8.78 Å². The first-order valence-electron chi connectivity index (χ1n) is 6.04. The summed E-state index contributed by atoms with van der Waals surface area (Å²) < 4.78 is 28.2. The second-order valence-electron chi connectivity index (χ2n) is 4.08. The Labute approximate surface area is 124 Å². The number of halogens is 3. The van der Waals surface area contributed by atoms with Gasteiger partial charge in [0.2, 0.25) is 5.91 Å². The van der Waals surface area contributed by atoms with Gasteiger partial charge in [0.15, 0.2) is 6.04 Å². The van der Waals surface area contributed by atoms with E-state index in [1.807, 2.05) is 0 Å². The lowest BCUT2D eigenvalue weighted by Gasteiger charge is -2.16. The highest BCUT2D eigenvalue weighted by Gasteiger charge is 2.23. The van der Waals surface area contributed by atoms with Crippen LogP contribution >= 0.6 is 11.6 Å². The number of amides is 1. The van der Waals surface area contributed by atoms with Gasteiger partial charge in [-0.15, -0.1) is 0 Å². The minimum atomic E-state index is -2.61. The number of benzene rings is 1. The van der Waals surface area contributed by atoms with Crippen molar-refractivity contribution in [2.75, 3.05) is 13.2 Å². The lowest BCUT2D eigenvalue weighted by Crippen LogP contribution is -2.34. The molecule has 1 atom stereocenters. The molecule has 0 fully saturated rings. The van der Waals surface area contributed by atoms with E-state index in [9.17, 15) is 18.4 Å². The van der Waals surface area contributed by atoms with E-state index in [0.29, 0.717) is 0 Å². The van der Waals surface area contributed by atoms with Gasteiger partial charge in [-0.25, -0.2) is 13.6 Å². The van der Waals surface area contributed by atoms with Crippen LogP contribution in [0.2, 0.25) is 5.02 Å². The van der Waals surface area contributed by atoms with Crippen LogP contribution in [0.5, 0.6) is 0 Å². The third-order valence-corrected chi connectivity index (χ3v) is 2.83. The maximum Gasteiger partial charge on any atom is 0.330 e. The van der Waals surface area contributed by atoms with Gasteiger partial charge < -0.3 is 15.2 Å². The van der Waals surface area contributed by atoms with Gasteiger partial charge in [0, 0.05) is 17.0 Å². The molecule has 116 valence electrons. The Kier molecular flexibility index (Phi) is 7.04. The summed E-state index contributed by atoms with van der Waals surface area (Å²) in [5.74, 6) is -1.90. The van der Waals surface area contributed by atoms with Crippen molar-refractivity contribution in [3.63, 3.8) is 0 Å². The second kappa shape index (κ2) is 8.53. The van der Waals surface area contributed by atoms with Crippen LogP contribution in [0.25, 0.3) is 0 Å². The van der Waals surface area contributed by atoms with Gasteiger partial charge in [-0.3, -0.25) is 4.79 Å². The van der Waals surface area contributed by atoms with Crippen molar-refractivity contribution in [2.45, 2.75) is 18.9 Å². The number of ether oxygens (including phenoxy) is 1. The van der Waals surface area contributed by atoms with Gasteiger partial charge >= 0.3 is 5.97 Å². The molecule has 0 bridgehead atoms. The molecular weight excluding hydrogens is 308 g/mol. The summed E-state index contributed by atoms with van der Waals surface area (Å²) in [6.45, 7) is -0.981. The van der Waals surface area contributed by atoms with Crippen molar-refractivity contribution < 1.29 is 28.2 Å². The third kappa shape index (κ3) is 6.05. The molecule has 0 saturated heterocycles. The zero-order valence-electron chi connectivity index (χ0n) is 10.9. The fraction of sp³-hybridized carbons (Fsp3) is 0.385. The number of carboxylic acids is 1. The average molecular weight is 322 g/mol. The van der Waals surface area contributed by atoms with E-state index in [1.165, 1.54) is 12.1 Å². The van der Waals surface area contributed by atoms with E-state index in [0.717, 1.165) is 0 Å². The highest BCUT2D eigenvalue weighted by Crippen LogP contribution is 2.22. The number of carbonyl (C=O) groups is 2. The van der Waals surface area contributed by atoms with Crippen LogP contribution in [0.3, 0.4) is 0 Å². The van der Waals surface area contributed by atoms with Crippen LogP contribution in [-0.4, -0.2) is 36.6 Å². The van der Waals surface area contributed by atoms with Crippen LogP contribution in [0, 0.1) is 0 Å². The summed E-state index contributed by atoms with van der Waals surface area (Å²) >= 11 is 5.89. The molecule has 0 unspecified atom stereocenters. The number of aliphatic carboxylic acids is 1. The Morgan fingerprint density at radius 3 is 2.57 bits per heavy atom. The summed E-state index contributed by atoms with van der Waals surface area (Å²) in [5, 5.41) is 11.6. The van der Waals surface area contributed by atoms with E-state index in [-0.39, 0.29) is 23.6 Å². The van der Waals surface area contributed by atoms with E-state index < -0.39 is 31.0 Å². The van der Waals surface area contributed by atoms with Crippen LogP contribution in [-0.2, 0) is 14.3 Å². The fourth-order valence-electron chi connectivity index (χ4n) is 1.55. The first-order valence-corrected chi connectivity index (χ1v) is 6.42. The smallest absolute Gasteiger partial charge is 0.330 e. The van der Waals surface area contributed by atoms with Crippen molar-refractivity contribution in [1.82, 2.24) is 5.32 Å². The summed E-state index contributed by atoms with van der Waals surface area (Å²) in [6, 6.07) is 4.90. The number of carbonyl (C=O) groups excluding carboxylic acids is 1. The topological polar surface area (TPSA) is 75.6 Å². The molecule has 0 heterocycles. The van der Waals surface area contributed by atoms with Gasteiger partial charge in [-0.1, -0.05) is 29.8 Å². The third-order valence-electron chi connectivity index (χ3n) is 2.49. The Balaban J connectivity index is 2.58. The number of nitrogens with one attached hydrogen (secondary N) is 1. The number of hydrogen-bond donors (Lipinski definition) is 2. The Bertz CT molecular complexity index is 499. The summed E-state index contributed by atoms with van der Waals surface area (Å²) in [4.78, 5) is 22.8. The molecular formula is C13H14ClF2NO4. The van der Waals surface area contributed by atoms with Gasteiger partial charge in [0.1, 0.15) is 6.61 Å². The first kappa shape index (κ1) is 17.3. The van der Waals surface area contributed by atoms with Gasteiger partial charge in [-0.05, 0) is 6.07 Å². The van der Waals surface area contributed by atoms with E-state index >= 15 is 0 Å². The van der Waals surface area contributed by atoms with Crippen LogP contribution < -0.4 is 5.32 Å². The molecule has 21 heavy (non-hydrogen) atoms. The number of carboxylic acid groups (broad SMARTS) is 1. The van der Waals surface area contributed by atoms with Crippen molar-refractivity contribution in [2.24, 2.45) is 0 Å². The van der Waals surface area contributed by atoms with Gasteiger partial charge in [0.05, 0.1) is 6.61 Å². The zero-order chi connectivity index (χ0) is 15.8. The molecule has 0 radical (unpaired) electrons. The standard InChI is InChI=1S/C13H14ClF2NO4/c14-9-4-2-1-3-8(9)12(13(19)20)17-11(18)5-6-21-7-10(15)16/h1-4,10,12H,5-7H2,(H,17,18)(H,19,20)/t12-/m1/s1. The molecule has 1 rings (SSSR count). The van der Waals surface area contributed by atoms with Crippen molar-refractivity contribution >= 4 is 23.5 Å². The van der Waals surface area contributed by atoms with E-state index in [1.54, 1.807) is 12.1 Å². The summed E-state index contributed by atoms with van der Waals surface area (Å²) in [7, 11) is 0. The average Bonchev–Trinajstić information content (AvgIpc) is 2.41. The van der Waals surface area contributed by atoms with Crippen molar-refractivity contribution in [3.05, 3.63) is 34.9 Å². The monoisotopic (exact) mass is 321 g/mol. The summed E-state index contributed by atoms with van der Waals surface area (Å²) in [5.41, 5.74) is 0.244. The predicted octanol–water partition coefficient (Wildman–Crippen LogP) is 2.25. The normalized spacial score (nSPS) is 12.2. The van der Waals surface area contributed by atoms with Crippen LogP contribution in [0.15, 0.2) is 24.3 Å². The molecule has 1 amide bonds. The Hall–Kier alpha value is -1.73. The van der Waals surface area contributed by atoms with Crippen molar-refractivity contribution in [3.8, 4) is 0 Å². The Morgan fingerprint density at radius 1 is 1.33 bits per heavy atom. The zero-order valence-corrected chi connectivity index (χ0v) is 11.6. The maximum absolute atomic E-state index is 11.8. The molecule has 1 aromatic rings. The fourth-order valence-corrected chi connectivity index (χ4v) is 1.80. The highest BCUT2D eigenvalue weighted by molar-refractivity contribution is 6.31. The predicted molar refractivity (Wildman–Crippen MR) is 71.4 cm³/mol. The first-order chi connectivity index (χ1) is 9.91. The molecule has 2 N–H and O–H groups in total. The van der Waals surface area contributed by atoms with Crippen molar-refractivity contribution in [1.29, 1.82) is 0 Å². The number of rotatable bonds is 8. The molecule has 0 saturated carbocycles. The molecule has 0 spiro atoms. The molecule has 1 aromatic carbocycles. The minimum absolute atomic E-state index is 0.208.